The zero-order valence-electron chi connectivity index (χ0n) is 16.1. The van der Waals surface area contributed by atoms with Crippen LogP contribution in [0.4, 0.5) is 10.2 Å². The molecule has 156 valence electrons. The molecule has 0 radical (unpaired) electrons. The number of ether oxygens (including phenoxy) is 2. The summed E-state index contributed by atoms with van der Waals surface area (Å²) in [5.74, 6) is 0.208. The Morgan fingerprint density at radius 1 is 1.37 bits per heavy atom. The molecule has 0 unspecified atom stereocenters. The van der Waals surface area contributed by atoms with Crippen LogP contribution < -0.4 is 19.7 Å². The number of hydrogen-bond donors (Lipinski definition) is 2. The van der Waals surface area contributed by atoms with Crippen LogP contribution in [0.25, 0.3) is 5.65 Å². The van der Waals surface area contributed by atoms with Crippen LogP contribution in [-0.4, -0.2) is 62.5 Å². The number of pyridine rings is 1. The topological polar surface area (TPSA) is 114 Å². The highest BCUT2D eigenvalue weighted by molar-refractivity contribution is 5.99. The molecule has 0 fully saturated rings. The number of aliphatic hydroxyl groups excluding tert-OH is 1. The summed E-state index contributed by atoms with van der Waals surface area (Å²) >= 11 is 0. The van der Waals surface area contributed by atoms with E-state index in [9.17, 15) is 14.3 Å². The van der Waals surface area contributed by atoms with E-state index in [-0.39, 0.29) is 38.0 Å². The lowest BCUT2D eigenvalue weighted by Crippen LogP contribution is -2.34. The molecule has 3 aromatic heterocycles. The number of hydrogen-bond acceptors (Lipinski definition) is 8. The second-order valence-corrected chi connectivity index (χ2v) is 7.36. The first-order valence-electron chi connectivity index (χ1n) is 9.51. The highest BCUT2D eigenvalue weighted by atomic mass is 19.1. The number of fused-ring (bicyclic) bond motifs is 1. The van der Waals surface area contributed by atoms with Gasteiger partial charge in [-0.2, -0.15) is 5.10 Å². The van der Waals surface area contributed by atoms with Gasteiger partial charge in [0.25, 0.3) is 5.91 Å². The van der Waals surface area contributed by atoms with Crippen LogP contribution in [0, 0.1) is 5.82 Å². The van der Waals surface area contributed by atoms with E-state index in [1.807, 2.05) is 0 Å². The van der Waals surface area contributed by atoms with Gasteiger partial charge in [-0.15, -0.1) is 0 Å². The van der Waals surface area contributed by atoms with E-state index in [0.717, 1.165) is 6.20 Å². The number of aromatic nitrogens is 4. The summed E-state index contributed by atoms with van der Waals surface area (Å²) in [6.45, 7) is 2.42. The van der Waals surface area contributed by atoms with Crippen molar-refractivity contribution >= 4 is 17.4 Å². The van der Waals surface area contributed by atoms with Crippen LogP contribution in [0.2, 0.25) is 0 Å². The van der Waals surface area contributed by atoms with Crippen molar-refractivity contribution in [2.45, 2.75) is 25.7 Å². The monoisotopic (exact) mass is 414 g/mol. The Balaban J connectivity index is 1.70. The summed E-state index contributed by atoms with van der Waals surface area (Å²) < 4.78 is 27.0. The fourth-order valence-corrected chi connectivity index (χ4v) is 3.55. The fourth-order valence-electron chi connectivity index (χ4n) is 3.55. The summed E-state index contributed by atoms with van der Waals surface area (Å²) in [5, 5.41) is 17.3. The Labute approximate surface area is 170 Å². The first kappa shape index (κ1) is 18.6. The summed E-state index contributed by atoms with van der Waals surface area (Å²) in [6, 6.07) is 1.34. The third-order valence-electron chi connectivity index (χ3n) is 4.96. The predicted octanol–water partition coefficient (Wildman–Crippen LogP) is 0.534. The number of carbonyl (C=O) groups is 1. The SMILES string of the molecule is C[C@H]1CNC(=O)c2cnn3cc4c(nc23)N(Cc2cc(F)cnc2O1)C[C@H](O)CO4. The Morgan fingerprint density at radius 3 is 3.10 bits per heavy atom. The largest absolute Gasteiger partial charge is 0.485 e. The molecule has 3 aromatic rings. The van der Waals surface area contributed by atoms with Crippen molar-refractivity contribution in [3.63, 3.8) is 0 Å². The fraction of sp³-hybridized carbons (Fsp3) is 0.368. The van der Waals surface area contributed by atoms with Crippen LogP contribution in [0.15, 0.2) is 24.7 Å². The van der Waals surface area contributed by atoms with Gasteiger partial charge in [0.1, 0.15) is 30.2 Å². The number of rotatable bonds is 0. The normalized spacial score (nSPS) is 21.4. The minimum Gasteiger partial charge on any atom is -0.485 e. The second kappa shape index (κ2) is 7.10. The van der Waals surface area contributed by atoms with Crippen molar-refractivity contribution in [1.29, 1.82) is 0 Å². The van der Waals surface area contributed by atoms with Gasteiger partial charge >= 0.3 is 0 Å². The molecule has 5 rings (SSSR count). The average molecular weight is 414 g/mol. The Morgan fingerprint density at radius 2 is 2.23 bits per heavy atom. The summed E-state index contributed by atoms with van der Waals surface area (Å²) in [6.07, 6.45) is 2.92. The molecular formula is C19H19FN6O4. The third kappa shape index (κ3) is 3.26. The van der Waals surface area contributed by atoms with Gasteiger partial charge in [0.2, 0.25) is 5.88 Å². The number of halogens is 1. The Kier molecular flexibility index (Phi) is 4.39. The number of nitrogens with one attached hydrogen (secondary N) is 1. The van der Waals surface area contributed by atoms with Gasteiger partial charge in [0, 0.05) is 12.1 Å². The van der Waals surface area contributed by atoms with Crippen molar-refractivity contribution in [2.75, 3.05) is 24.6 Å². The van der Waals surface area contributed by atoms with Gasteiger partial charge in [-0.25, -0.2) is 18.9 Å². The van der Waals surface area contributed by atoms with Crippen molar-refractivity contribution in [1.82, 2.24) is 24.9 Å². The molecule has 2 atom stereocenters. The Hall–Kier alpha value is -3.47. The third-order valence-corrected chi connectivity index (χ3v) is 4.96. The molecule has 2 aliphatic rings. The van der Waals surface area contributed by atoms with Crippen molar-refractivity contribution in [3.8, 4) is 11.6 Å². The lowest BCUT2D eigenvalue weighted by atomic mass is 10.2. The number of carbonyl (C=O) groups excluding carboxylic acids is 1. The number of aliphatic hydroxyl groups is 1. The van der Waals surface area contributed by atoms with Crippen molar-refractivity contribution in [2.24, 2.45) is 0 Å². The lowest BCUT2D eigenvalue weighted by molar-refractivity contribution is 0.0932. The summed E-state index contributed by atoms with van der Waals surface area (Å²) in [4.78, 5) is 23.1. The van der Waals surface area contributed by atoms with Crippen molar-refractivity contribution < 1.29 is 23.8 Å². The molecule has 30 heavy (non-hydrogen) atoms. The quantitative estimate of drug-likeness (QED) is 0.548. The zero-order chi connectivity index (χ0) is 20.8. The molecule has 0 spiro atoms. The smallest absolute Gasteiger partial charge is 0.256 e. The van der Waals surface area contributed by atoms with Gasteiger partial charge in [-0.05, 0) is 13.0 Å². The minimum absolute atomic E-state index is 0.0626. The second-order valence-electron chi connectivity index (χ2n) is 7.36. The number of anilines is 1. The number of amides is 1. The maximum Gasteiger partial charge on any atom is 0.256 e. The van der Waals surface area contributed by atoms with E-state index in [1.54, 1.807) is 18.0 Å². The van der Waals surface area contributed by atoms with Crippen LogP contribution in [0.1, 0.15) is 22.8 Å². The van der Waals surface area contributed by atoms with Crippen LogP contribution >= 0.6 is 0 Å². The molecule has 1 amide bonds. The number of nitrogens with zero attached hydrogens (tertiary/aromatic N) is 5. The highest BCUT2D eigenvalue weighted by Gasteiger charge is 2.28. The molecule has 0 aliphatic carbocycles. The van der Waals surface area contributed by atoms with E-state index >= 15 is 0 Å². The maximum atomic E-state index is 14.0. The van der Waals surface area contributed by atoms with Crippen LogP contribution in [0.5, 0.6) is 11.6 Å². The molecule has 0 aromatic carbocycles. The van der Waals surface area contributed by atoms with E-state index in [2.05, 4.69) is 20.4 Å². The predicted molar refractivity (Wildman–Crippen MR) is 102 cm³/mol. The van der Waals surface area contributed by atoms with E-state index in [4.69, 9.17) is 9.47 Å². The van der Waals surface area contributed by atoms with Gasteiger partial charge in [-0.3, -0.25) is 4.79 Å². The van der Waals surface area contributed by atoms with Gasteiger partial charge < -0.3 is 24.8 Å². The van der Waals surface area contributed by atoms with Gasteiger partial charge in [0.15, 0.2) is 17.2 Å². The molecular weight excluding hydrogens is 395 g/mol. The minimum atomic E-state index is -0.796. The maximum absolute atomic E-state index is 14.0. The van der Waals surface area contributed by atoms with E-state index in [0.29, 0.717) is 28.3 Å². The average Bonchev–Trinajstić information content (AvgIpc) is 3.06. The molecule has 11 heteroatoms. The molecule has 10 nitrogen and oxygen atoms in total. The summed E-state index contributed by atoms with van der Waals surface area (Å²) in [7, 11) is 0. The molecule has 0 saturated carbocycles. The first-order valence-corrected chi connectivity index (χ1v) is 9.51. The van der Waals surface area contributed by atoms with E-state index < -0.39 is 18.0 Å². The molecule has 0 saturated heterocycles. The van der Waals surface area contributed by atoms with Gasteiger partial charge in [0.05, 0.1) is 31.7 Å². The molecule has 2 N–H and O–H groups in total. The summed E-state index contributed by atoms with van der Waals surface area (Å²) in [5.41, 5.74) is 1.14. The molecule has 2 bridgehead atoms. The van der Waals surface area contributed by atoms with Gasteiger partial charge in [-0.1, -0.05) is 0 Å². The van der Waals surface area contributed by atoms with E-state index in [1.165, 1.54) is 16.8 Å². The Bertz CT molecular complexity index is 1140. The van der Waals surface area contributed by atoms with Crippen LogP contribution in [0.3, 0.4) is 0 Å². The molecule has 2 aliphatic heterocycles. The standard InChI is InChI=1S/C19H19FN6O4/c1-10-3-21-18(28)14-5-23-26-8-15-17(24-16(14)26)25(7-13(27)9-29-15)6-11-2-12(20)4-22-19(11)30-10/h2,4-5,8,10,13,27H,3,6-7,9H2,1H3,(H,21,28)/t10-,13-/m0/s1. The zero-order valence-corrected chi connectivity index (χ0v) is 16.1. The lowest BCUT2D eigenvalue weighted by Gasteiger charge is -2.25. The molecule has 5 heterocycles. The van der Waals surface area contributed by atoms with Crippen LogP contribution in [-0.2, 0) is 6.54 Å². The first-order chi connectivity index (χ1) is 14.5. The highest BCUT2D eigenvalue weighted by Crippen LogP contribution is 2.32. The van der Waals surface area contributed by atoms with Crippen molar-refractivity contribution in [3.05, 3.63) is 41.6 Å².